The number of fused-ring (bicyclic) bond motifs is 1. The molecule has 1 aliphatic rings. The zero-order chi connectivity index (χ0) is 7.68. The highest BCUT2D eigenvalue weighted by Crippen LogP contribution is 2.11. The van der Waals surface area contributed by atoms with Crippen LogP contribution in [0.25, 0.3) is 0 Å². The van der Waals surface area contributed by atoms with Crippen LogP contribution in [0.2, 0.25) is 0 Å². The molecule has 2 rings (SSSR count). The van der Waals surface area contributed by atoms with E-state index >= 15 is 0 Å². The van der Waals surface area contributed by atoms with E-state index in [9.17, 15) is 4.79 Å². The fourth-order valence-electron chi connectivity index (χ4n) is 1.22. The first-order chi connectivity index (χ1) is 5.36. The Morgan fingerprint density at radius 1 is 1.45 bits per heavy atom. The van der Waals surface area contributed by atoms with E-state index in [1.165, 1.54) is 0 Å². The molecule has 11 heavy (non-hydrogen) atoms. The van der Waals surface area contributed by atoms with Gasteiger partial charge in [-0.05, 0) is 17.2 Å². The number of hydrogen-bond donors (Lipinski definition) is 1. The van der Waals surface area contributed by atoms with Crippen LogP contribution in [-0.4, -0.2) is 10.9 Å². The van der Waals surface area contributed by atoms with E-state index in [1.807, 2.05) is 6.07 Å². The molecule has 0 radical (unpaired) electrons. The summed E-state index contributed by atoms with van der Waals surface area (Å²) < 4.78 is 0. The smallest absolute Gasteiger partial charge is 0.224 e. The van der Waals surface area contributed by atoms with Crippen molar-refractivity contribution in [3.8, 4) is 0 Å². The number of nitrogens with one attached hydrogen (secondary N) is 1. The van der Waals surface area contributed by atoms with Crippen molar-refractivity contribution >= 4 is 5.91 Å². The molecule has 1 N–H and O–H groups in total. The monoisotopic (exact) mass is 148 g/mol. The number of carbonyl (C=O) groups excluding carboxylic acids is 1. The molecule has 1 aliphatic heterocycles. The lowest BCUT2D eigenvalue weighted by atomic mass is 10.0. The second kappa shape index (κ2) is 2.34. The van der Waals surface area contributed by atoms with E-state index < -0.39 is 0 Å². The highest BCUT2D eigenvalue weighted by atomic mass is 16.1. The fraction of sp³-hybridized carbons (Fsp3) is 0.250. The average molecular weight is 148 g/mol. The van der Waals surface area contributed by atoms with Gasteiger partial charge >= 0.3 is 0 Å². The third-order valence-electron chi connectivity index (χ3n) is 1.83. The SMILES string of the molecule is O=C1Cc2ccncc2CN1. The summed E-state index contributed by atoms with van der Waals surface area (Å²) in [5, 5.41) is 2.76. The van der Waals surface area contributed by atoms with E-state index in [0.29, 0.717) is 13.0 Å². The van der Waals surface area contributed by atoms with Gasteiger partial charge in [-0.25, -0.2) is 0 Å². The van der Waals surface area contributed by atoms with E-state index in [1.54, 1.807) is 12.4 Å². The van der Waals surface area contributed by atoms with E-state index in [4.69, 9.17) is 0 Å². The predicted molar refractivity (Wildman–Crippen MR) is 39.8 cm³/mol. The molecule has 1 aromatic rings. The highest BCUT2D eigenvalue weighted by Gasteiger charge is 2.13. The Morgan fingerprint density at radius 3 is 3.27 bits per heavy atom. The van der Waals surface area contributed by atoms with Gasteiger partial charge in [0.25, 0.3) is 0 Å². The van der Waals surface area contributed by atoms with Gasteiger partial charge in [0.1, 0.15) is 0 Å². The lowest BCUT2D eigenvalue weighted by Crippen LogP contribution is -2.30. The van der Waals surface area contributed by atoms with Gasteiger partial charge in [0.2, 0.25) is 5.91 Å². The standard InChI is InChI=1S/C8H8N2O/c11-8-3-6-1-2-9-4-7(6)5-10-8/h1-2,4H,3,5H2,(H,10,11). The maximum atomic E-state index is 10.9. The van der Waals surface area contributed by atoms with Crippen molar-refractivity contribution in [2.75, 3.05) is 0 Å². The number of amides is 1. The summed E-state index contributed by atoms with van der Waals surface area (Å²) in [6, 6.07) is 1.90. The molecule has 0 aromatic carbocycles. The Hall–Kier alpha value is -1.38. The van der Waals surface area contributed by atoms with Crippen molar-refractivity contribution in [1.29, 1.82) is 0 Å². The van der Waals surface area contributed by atoms with Gasteiger partial charge in [-0.2, -0.15) is 0 Å². The Morgan fingerprint density at radius 2 is 2.36 bits per heavy atom. The number of carbonyl (C=O) groups is 1. The first-order valence-corrected chi connectivity index (χ1v) is 3.55. The summed E-state index contributed by atoms with van der Waals surface area (Å²) in [5.74, 6) is 0.101. The lowest BCUT2D eigenvalue weighted by molar-refractivity contribution is -0.121. The molecule has 1 amide bonds. The third-order valence-corrected chi connectivity index (χ3v) is 1.83. The average Bonchev–Trinajstić information content (AvgIpc) is 2.04. The Bertz CT molecular complexity index is 296. The minimum Gasteiger partial charge on any atom is -0.352 e. The second-order valence-corrected chi connectivity index (χ2v) is 2.60. The van der Waals surface area contributed by atoms with Crippen molar-refractivity contribution in [3.63, 3.8) is 0 Å². The van der Waals surface area contributed by atoms with Crippen molar-refractivity contribution < 1.29 is 4.79 Å². The van der Waals surface area contributed by atoms with Crippen molar-refractivity contribution in [1.82, 2.24) is 10.3 Å². The van der Waals surface area contributed by atoms with Gasteiger partial charge in [-0.1, -0.05) is 0 Å². The molecule has 0 atom stereocenters. The molecule has 0 fully saturated rings. The maximum Gasteiger partial charge on any atom is 0.224 e. The molecule has 2 heterocycles. The zero-order valence-corrected chi connectivity index (χ0v) is 6.00. The quantitative estimate of drug-likeness (QED) is 0.573. The Kier molecular flexibility index (Phi) is 1.35. The number of rotatable bonds is 0. The van der Waals surface area contributed by atoms with Crippen LogP contribution in [0.4, 0.5) is 0 Å². The molecule has 3 nitrogen and oxygen atoms in total. The van der Waals surface area contributed by atoms with E-state index in [-0.39, 0.29) is 5.91 Å². The van der Waals surface area contributed by atoms with Crippen LogP contribution in [0.3, 0.4) is 0 Å². The van der Waals surface area contributed by atoms with E-state index in [2.05, 4.69) is 10.3 Å². The van der Waals surface area contributed by atoms with Crippen molar-refractivity contribution in [2.45, 2.75) is 13.0 Å². The third kappa shape index (κ3) is 1.09. The summed E-state index contributed by atoms with van der Waals surface area (Å²) in [6.07, 6.45) is 4.02. The molecular formula is C8H8N2O. The number of pyridine rings is 1. The first-order valence-electron chi connectivity index (χ1n) is 3.55. The highest BCUT2D eigenvalue weighted by molar-refractivity contribution is 5.80. The van der Waals surface area contributed by atoms with Gasteiger partial charge in [0, 0.05) is 18.9 Å². The normalized spacial score (nSPS) is 15.5. The molecule has 1 aromatic heterocycles. The van der Waals surface area contributed by atoms with E-state index in [0.717, 1.165) is 11.1 Å². The molecule has 0 spiro atoms. The topological polar surface area (TPSA) is 42.0 Å². The van der Waals surface area contributed by atoms with Gasteiger partial charge in [0.15, 0.2) is 0 Å². The largest absolute Gasteiger partial charge is 0.352 e. The van der Waals surface area contributed by atoms with Crippen LogP contribution in [0.1, 0.15) is 11.1 Å². The number of aromatic nitrogens is 1. The van der Waals surface area contributed by atoms with Gasteiger partial charge < -0.3 is 5.32 Å². The van der Waals surface area contributed by atoms with Crippen LogP contribution < -0.4 is 5.32 Å². The summed E-state index contributed by atoms with van der Waals surface area (Å²) in [4.78, 5) is 14.9. The molecule has 0 saturated carbocycles. The predicted octanol–water partition coefficient (Wildman–Crippen LogP) is 0.254. The molecular weight excluding hydrogens is 140 g/mol. The minimum atomic E-state index is 0.101. The molecule has 3 heteroatoms. The summed E-state index contributed by atoms with van der Waals surface area (Å²) in [6.45, 7) is 0.627. The summed E-state index contributed by atoms with van der Waals surface area (Å²) in [7, 11) is 0. The Labute approximate surface area is 64.5 Å². The maximum absolute atomic E-state index is 10.9. The first kappa shape index (κ1) is 6.34. The van der Waals surface area contributed by atoms with Crippen LogP contribution >= 0.6 is 0 Å². The molecule has 0 bridgehead atoms. The van der Waals surface area contributed by atoms with Gasteiger partial charge in [-0.3, -0.25) is 9.78 Å². The van der Waals surface area contributed by atoms with Crippen LogP contribution in [0.15, 0.2) is 18.5 Å². The summed E-state index contributed by atoms with van der Waals surface area (Å²) >= 11 is 0. The Balaban J connectivity index is 2.41. The number of hydrogen-bond acceptors (Lipinski definition) is 2. The minimum absolute atomic E-state index is 0.101. The fourth-order valence-corrected chi connectivity index (χ4v) is 1.22. The van der Waals surface area contributed by atoms with Gasteiger partial charge in [0.05, 0.1) is 6.42 Å². The van der Waals surface area contributed by atoms with Crippen molar-refractivity contribution in [3.05, 3.63) is 29.6 Å². The van der Waals surface area contributed by atoms with Crippen LogP contribution in [-0.2, 0) is 17.8 Å². The van der Waals surface area contributed by atoms with Crippen LogP contribution in [0, 0.1) is 0 Å². The zero-order valence-electron chi connectivity index (χ0n) is 6.00. The number of nitrogens with zero attached hydrogens (tertiary/aromatic N) is 1. The molecule has 0 aliphatic carbocycles. The lowest BCUT2D eigenvalue weighted by Gasteiger charge is -2.14. The molecule has 56 valence electrons. The van der Waals surface area contributed by atoms with Crippen molar-refractivity contribution in [2.24, 2.45) is 0 Å². The second-order valence-electron chi connectivity index (χ2n) is 2.60. The summed E-state index contributed by atoms with van der Waals surface area (Å²) in [5.41, 5.74) is 2.23. The molecule has 0 saturated heterocycles. The molecule has 0 unspecified atom stereocenters. The van der Waals surface area contributed by atoms with Crippen LogP contribution in [0.5, 0.6) is 0 Å². The van der Waals surface area contributed by atoms with Gasteiger partial charge in [-0.15, -0.1) is 0 Å².